The number of hydrogen-bond donors (Lipinski definition) is 1. The molecule has 1 heterocycles. The van der Waals surface area contributed by atoms with E-state index in [0.717, 1.165) is 11.6 Å². The average molecular weight is 253 g/mol. The van der Waals surface area contributed by atoms with Crippen LogP contribution in [0.5, 0.6) is 0 Å². The highest BCUT2D eigenvalue weighted by molar-refractivity contribution is 6.30. The van der Waals surface area contributed by atoms with Gasteiger partial charge in [-0.2, -0.15) is 0 Å². The molecule has 0 spiro atoms. The molecule has 1 aliphatic heterocycles. The number of nitrogens with zero attached hydrogens (tertiary/aromatic N) is 1. The Bertz CT molecular complexity index is 353. The summed E-state index contributed by atoms with van der Waals surface area (Å²) in [5, 5.41) is 4.24. The third-order valence-electron chi connectivity index (χ3n) is 3.88. The Hall–Kier alpha value is -0.570. The molecule has 1 saturated heterocycles. The minimum absolute atomic E-state index is 0.330. The van der Waals surface area contributed by atoms with Crippen LogP contribution in [0.3, 0.4) is 0 Å². The molecule has 2 nitrogen and oxygen atoms in total. The highest BCUT2D eigenvalue weighted by atomic mass is 35.5. The smallest absolute Gasteiger partial charge is 0.0406 e. The quantitative estimate of drug-likeness (QED) is 0.890. The van der Waals surface area contributed by atoms with Crippen LogP contribution in [0.4, 0.5) is 0 Å². The topological polar surface area (TPSA) is 15.3 Å². The first-order chi connectivity index (χ1) is 8.11. The van der Waals surface area contributed by atoms with Crippen LogP contribution in [0.15, 0.2) is 24.3 Å². The van der Waals surface area contributed by atoms with Crippen molar-refractivity contribution in [3.05, 3.63) is 34.9 Å². The molecule has 1 aromatic rings. The largest absolute Gasteiger partial charge is 0.314 e. The lowest BCUT2D eigenvalue weighted by Gasteiger charge is -2.39. The molecule has 0 bridgehead atoms. The van der Waals surface area contributed by atoms with Gasteiger partial charge in [0.2, 0.25) is 0 Å². The van der Waals surface area contributed by atoms with E-state index in [1.54, 1.807) is 0 Å². The third-order valence-corrected chi connectivity index (χ3v) is 4.13. The maximum Gasteiger partial charge on any atom is 0.0406 e. The molecule has 0 unspecified atom stereocenters. The van der Waals surface area contributed by atoms with Crippen molar-refractivity contribution in [2.45, 2.75) is 31.8 Å². The zero-order valence-electron chi connectivity index (χ0n) is 10.7. The van der Waals surface area contributed by atoms with E-state index in [2.05, 4.69) is 36.3 Å². The number of hydrogen-bond acceptors (Lipinski definition) is 2. The molecule has 17 heavy (non-hydrogen) atoms. The van der Waals surface area contributed by atoms with E-state index in [4.69, 9.17) is 11.6 Å². The summed E-state index contributed by atoms with van der Waals surface area (Å²) in [6.07, 6.45) is 2.44. The van der Waals surface area contributed by atoms with E-state index in [1.165, 1.54) is 31.5 Å². The molecule has 0 saturated carbocycles. The molecule has 3 heteroatoms. The first kappa shape index (κ1) is 12.9. The minimum atomic E-state index is 0.330. The summed E-state index contributed by atoms with van der Waals surface area (Å²) in [5.41, 5.74) is 1.68. The van der Waals surface area contributed by atoms with E-state index in [-0.39, 0.29) is 0 Å². The number of piperidine rings is 1. The predicted molar refractivity (Wildman–Crippen MR) is 73.4 cm³/mol. The molecule has 0 aliphatic carbocycles. The second kappa shape index (κ2) is 5.38. The Morgan fingerprint density at radius 1 is 1.24 bits per heavy atom. The van der Waals surface area contributed by atoms with Gasteiger partial charge < -0.3 is 5.32 Å². The molecular weight excluding hydrogens is 232 g/mol. The van der Waals surface area contributed by atoms with Crippen LogP contribution >= 0.6 is 11.6 Å². The van der Waals surface area contributed by atoms with Crippen molar-refractivity contribution in [1.29, 1.82) is 0 Å². The number of halogens is 1. The maximum absolute atomic E-state index is 5.89. The molecule has 1 aromatic carbocycles. The molecule has 0 aromatic heterocycles. The van der Waals surface area contributed by atoms with Gasteiger partial charge in [-0.1, -0.05) is 23.7 Å². The molecule has 0 radical (unpaired) electrons. The molecular formula is C14H21ClN2. The lowest BCUT2D eigenvalue weighted by molar-refractivity contribution is 0.146. The summed E-state index contributed by atoms with van der Waals surface area (Å²) in [7, 11) is 2.06. The van der Waals surface area contributed by atoms with Gasteiger partial charge in [-0.05, 0) is 44.5 Å². The van der Waals surface area contributed by atoms with Gasteiger partial charge in [0, 0.05) is 30.2 Å². The van der Waals surface area contributed by atoms with Gasteiger partial charge in [0.15, 0.2) is 0 Å². The van der Waals surface area contributed by atoms with E-state index in [9.17, 15) is 0 Å². The summed E-state index contributed by atoms with van der Waals surface area (Å²) in [5.74, 6) is 0. The van der Waals surface area contributed by atoms with Crippen LogP contribution < -0.4 is 5.32 Å². The van der Waals surface area contributed by atoms with Gasteiger partial charge in [0.1, 0.15) is 0 Å². The van der Waals surface area contributed by atoms with Crippen LogP contribution in [0.25, 0.3) is 0 Å². The van der Waals surface area contributed by atoms with E-state index >= 15 is 0 Å². The lowest BCUT2D eigenvalue weighted by Crippen LogP contribution is -2.49. The van der Waals surface area contributed by atoms with Crippen molar-refractivity contribution >= 4 is 11.6 Å². The Labute approximate surface area is 109 Å². The molecule has 1 fully saturated rings. The monoisotopic (exact) mass is 252 g/mol. The Kier molecular flexibility index (Phi) is 4.08. The van der Waals surface area contributed by atoms with Crippen molar-refractivity contribution in [2.75, 3.05) is 20.1 Å². The van der Waals surface area contributed by atoms with E-state index in [0.29, 0.717) is 5.54 Å². The SMILES string of the molecule is CNC1(C)CCN(Cc2ccc(Cl)cc2)CC1. The van der Waals surface area contributed by atoms with Crippen LogP contribution in [0.2, 0.25) is 5.02 Å². The predicted octanol–water partition coefficient (Wildman–Crippen LogP) is 2.91. The highest BCUT2D eigenvalue weighted by Gasteiger charge is 2.27. The van der Waals surface area contributed by atoms with Gasteiger partial charge in [-0.15, -0.1) is 0 Å². The van der Waals surface area contributed by atoms with E-state index in [1.807, 2.05) is 12.1 Å². The fourth-order valence-electron chi connectivity index (χ4n) is 2.30. The van der Waals surface area contributed by atoms with Crippen molar-refractivity contribution < 1.29 is 0 Å². The van der Waals surface area contributed by atoms with Crippen LogP contribution in [0.1, 0.15) is 25.3 Å². The molecule has 2 rings (SSSR count). The molecule has 0 amide bonds. The van der Waals surface area contributed by atoms with Gasteiger partial charge in [-0.3, -0.25) is 4.90 Å². The number of likely N-dealkylation sites (tertiary alicyclic amines) is 1. The summed E-state index contributed by atoms with van der Waals surface area (Å²) in [6, 6.07) is 8.18. The number of rotatable bonds is 3. The zero-order chi connectivity index (χ0) is 12.3. The molecule has 0 atom stereocenters. The van der Waals surface area contributed by atoms with Gasteiger partial charge in [0.25, 0.3) is 0 Å². The van der Waals surface area contributed by atoms with Crippen molar-refractivity contribution in [1.82, 2.24) is 10.2 Å². The summed E-state index contributed by atoms with van der Waals surface area (Å²) < 4.78 is 0. The summed E-state index contributed by atoms with van der Waals surface area (Å²) >= 11 is 5.89. The van der Waals surface area contributed by atoms with Crippen molar-refractivity contribution in [3.8, 4) is 0 Å². The Morgan fingerprint density at radius 2 is 1.82 bits per heavy atom. The fourth-order valence-corrected chi connectivity index (χ4v) is 2.43. The second-order valence-electron chi connectivity index (χ2n) is 5.21. The summed E-state index contributed by atoms with van der Waals surface area (Å²) in [6.45, 7) is 5.68. The first-order valence-electron chi connectivity index (χ1n) is 6.27. The van der Waals surface area contributed by atoms with Crippen LogP contribution in [-0.2, 0) is 6.54 Å². The van der Waals surface area contributed by atoms with Crippen molar-refractivity contribution in [3.63, 3.8) is 0 Å². The van der Waals surface area contributed by atoms with Crippen LogP contribution in [-0.4, -0.2) is 30.6 Å². The molecule has 1 aliphatic rings. The van der Waals surface area contributed by atoms with Gasteiger partial charge >= 0.3 is 0 Å². The molecule has 94 valence electrons. The highest BCUT2D eigenvalue weighted by Crippen LogP contribution is 2.22. The lowest BCUT2D eigenvalue weighted by atomic mass is 9.90. The fraction of sp³-hybridized carbons (Fsp3) is 0.571. The number of benzene rings is 1. The maximum atomic E-state index is 5.89. The van der Waals surface area contributed by atoms with E-state index < -0.39 is 0 Å². The summed E-state index contributed by atoms with van der Waals surface area (Å²) in [4.78, 5) is 2.52. The molecule has 1 N–H and O–H groups in total. The van der Waals surface area contributed by atoms with Gasteiger partial charge in [-0.25, -0.2) is 0 Å². The Balaban J connectivity index is 1.88. The Morgan fingerprint density at radius 3 is 2.35 bits per heavy atom. The van der Waals surface area contributed by atoms with Crippen LogP contribution in [0, 0.1) is 0 Å². The average Bonchev–Trinajstić information content (AvgIpc) is 2.35. The third kappa shape index (κ3) is 3.44. The number of nitrogens with one attached hydrogen (secondary N) is 1. The standard InChI is InChI=1S/C14H21ClN2/c1-14(16-2)7-9-17(10-8-14)11-12-3-5-13(15)6-4-12/h3-6,16H,7-11H2,1-2H3. The zero-order valence-corrected chi connectivity index (χ0v) is 11.4. The minimum Gasteiger partial charge on any atom is -0.314 e. The van der Waals surface area contributed by atoms with Crippen molar-refractivity contribution in [2.24, 2.45) is 0 Å². The first-order valence-corrected chi connectivity index (χ1v) is 6.65. The second-order valence-corrected chi connectivity index (χ2v) is 5.65. The normalized spacial score (nSPS) is 20.4. The van der Waals surface area contributed by atoms with Gasteiger partial charge in [0.05, 0.1) is 0 Å².